The number of carbonyl (C=O) groups is 1. The summed E-state index contributed by atoms with van der Waals surface area (Å²) in [6.45, 7) is 5.86. The van der Waals surface area contributed by atoms with Crippen molar-refractivity contribution in [1.29, 1.82) is 0 Å². The fourth-order valence-electron chi connectivity index (χ4n) is 2.74. The predicted octanol–water partition coefficient (Wildman–Crippen LogP) is 5.05. The molecule has 1 amide bonds. The molecular formula is C21H20ClFN4O2S. The molecule has 30 heavy (non-hydrogen) atoms. The fraction of sp³-hybridized carbons (Fsp3) is 0.190. The third kappa shape index (κ3) is 4.83. The third-order valence-corrected chi connectivity index (χ3v) is 5.53. The standard InChI is InChI=1S/C21H20ClFN4O2S/c1-4-11-27-19(15-7-5-6-8-16(15)23)25-26-21(27)30-13(2)20(28)24-17-12-14(22)9-10-18(17)29-3/h4-10,12-13H,1,11H2,2-3H3,(H,24,28). The van der Waals surface area contributed by atoms with Gasteiger partial charge in [0, 0.05) is 11.6 Å². The van der Waals surface area contributed by atoms with Crippen LogP contribution in [0.5, 0.6) is 5.75 Å². The van der Waals surface area contributed by atoms with E-state index in [9.17, 15) is 9.18 Å². The van der Waals surface area contributed by atoms with Gasteiger partial charge >= 0.3 is 0 Å². The second-order valence-corrected chi connectivity index (χ2v) is 8.02. The predicted molar refractivity (Wildman–Crippen MR) is 118 cm³/mol. The molecule has 1 N–H and O–H groups in total. The molecule has 9 heteroatoms. The molecule has 2 aromatic carbocycles. The molecule has 1 atom stereocenters. The molecule has 1 unspecified atom stereocenters. The van der Waals surface area contributed by atoms with Gasteiger partial charge in [0.25, 0.3) is 0 Å². The van der Waals surface area contributed by atoms with Crippen LogP contribution >= 0.6 is 23.4 Å². The first-order valence-electron chi connectivity index (χ1n) is 9.04. The van der Waals surface area contributed by atoms with Crippen molar-refractivity contribution >= 4 is 35.0 Å². The van der Waals surface area contributed by atoms with Gasteiger partial charge in [-0.2, -0.15) is 0 Å². The Morgan fingerprint density at radius 2 is 2.13 bits per heavy atom. The molecule has 3 aromatic rings. The smallest absolute Gasteiger partial charge is 0.237 e. The first-order valence-corrected chi connectivity index (χ1v) is 10.3. The number of halogens is 2. The summed E-state index contributed by atoms with van der Waals surface area (Å²) >= 11 is 7.23. The number of amides is 1. The number of methoxy groups -OCH3 is 1. The van der Waals surface area contributed by atoms with E-state index in [2.05, 4.69) is 22.1 Å². The first-order chi connectivity index (χ1) is 14.4. The normalized spacial score (nSPS) is 11.7. The molecule has 6 nitrogen and oxygen atoms in total. The Labute approximate surface area is 183 Å². The van der Waals surface area contributed by atoms with E-state index in [0.29, 0.717) is 39.5 Å². The van der Waals surface area contributed by atoms with E-state index in [4.69, 9.17) is 16.3 Å². The molecule has 1 aromatic heterocycles. The lowest BCUT2D eigenvalue weighted by atomic mass is 10.2. The Hall–Kier alpha value is -2.84. The molecule has 0 aliphatic carbocycles. The van der Waals surface area contributed by atoms with Gasteiger partial charge in [-0.3, -0.25) is 9.36 Å². The summed E-state index contributed by atoms with van der Waals surface area (Å²) in [7, 11) is 1.51. The van der Waals surface area contributed by atoms with Crippen LogP contribution in [0, 0.1) is 5.82 Å². The number of carbonyl (C=O) groups excluding carboxylic acids is 1. The zero-order valence-corrected chi connectivity index (χ0v) is 18.0. The Bertz CT molecular complexity index is 1070. The van der Waals surface area contributed by atoms with Crippen LogP contribution in [0.2, 0.25) is 5.02 Å². The number of hydrogen-bond donors (Lipinski definition) is 1. The maximum atomic E-state index is 14.2. The number of thioether (sulfide) groups is 1. The van der Waals surface area contributed by atoms with Crippen molar-refractivity contribution in [2.45, 2.75) is 23.9 Å². The zero-order valence-electron chi connectivity index (χ0n) is 16.4. The van der Waals surface area contributed by atoms with Gasteiger partial charge in [0.2, 0.25) is 5.91 Å². The third-order valence-electron chi connectivity index (χ3n) is 4.21. The molecule has 156 valence electrons. The van der Waals surface area contributed by atoms with Gasteiger partial charge < -0.3 is 10.1 Å². The van der Waals surface area contributed by atoms with Crippen LogP contribution in [0.3, 0.4) is 0 Å². The topological polar surface area (TPSA) is 69.0 Å². The maximum absolute atomic E-state index is 14.2. The lowest BCUT2D eigenvalue weighted by Crippen LogP contribution is -2.23. The molecule has 0 saturated heterocycles. The maximum Gasteiger partial charge on any atom is 0.237 e. The molecule has 0 spiro atoms. The van der Waals surface area contributed by atoms with E-state index in [1.807, 2.05) is 0 Å². The number of anilines is 1. The van der Waals surface area contributed by atoms with Crippen molar-refractivity contribution in [3.63, 3.8) is 0 Å². The summed E-state index contributed by atoms with van der Waals surface area (Å²) in [5, 5.41) is 11.6. The largest absolute Gasteiger partial charge is 0.495 e. The van der Waals surface area contributed by atoms with Gasteiger partial charge in [0.15, 0.2) is 11.0 Å². The van der Waals surface area contributed by atoms with Crippen LogP contribution in [0.25, 0.3) is 11.4 Å². The van der Waals surface area contributed by atoms with Gasteiger partial charge in [-0.05, 0) is 37.3 Å². The number of hydrogen-bond acceptors (Lipinski definition) is 5. The summed E-state index contributed by atoms with van der Waals surface area (Å²) in [4.78, 5) is 12.7. The highest BCUT2D eigenvalue weighted by atomic mass is 35.5. The van der Waals surface area contributed by atoms with E-state index in [-0.39, 0.29) is 5.91 Å². The molecule has 0 bridgehead atoms. The summed E-state index contributed by atoms with van der Waals surface area (Å²) in [6.07, 6.45) is 1.67. The van der Waals surface area contributed by atoms with Crippen LogP contribution in [-0.2, 0) is 11.3 Å². The molecule has 3 rings (SSSR count). The van der Waals surface area contributed by atoms with Crippen molar-refractivity contribution in [2.24, 2.45) is 0 Å². The number of allylic oxidation sites excluding steroid dienone is 1. The Balaban J connectivity index is 1.82. The average Bonchev–Trinajstić information content (AvgIpc) is 3.11. The Morgan fingerprint density at radius 3 is 2.83 bits per heavy atom. The van der Waals surface area contributed by atoms with E-state index < -0.39 is 11.1 Å². The van der Waals surface area contributed by atoms with Crippen LogP contribution in [0.4, 0.5) is 10.1 Å². The highest BCUT2D eigenvalue weighted by molar-refractivity contribution is 8.00. The second-order valence-electron chi connectivity index (χ2n) is 6.28. The van der Waals surface area contributed by atoms with Crippen molar-refractivity contribution in [1.82, 2.24) is 14.8 Å². The van der Waals surface area contributed by atoms with Crippen LogP contribution in [-0.4, -0.2) is 33.0 Å². The van der Waals surface area contributed by atoms with E-state index >= 15 is 0 Å². The summed E-state index contributed by atoms with van der Waals surface area (Å²) in [5.74, 6) is 0.216. The lowest BCUT2D eigenvalue weighted by molar-refractivity contribution is -0.115. The molecule has 0 saturated carbocycles. The minimum absolute atomic E-state index is 0.263. The zero-order chi connectivity index (χ0) is 21.7. The lowest BCUT2D eigenvalue weighted by Gasteiger charge is -2.15. The molecule has 0 fully saturated rings. The fourth-order valence-corrected chi connectivity index (χ4v) is 3.77. The monoisotopic (exact) mass is 446 g/mol. The first kappa shape index (κ1) is 21.9. The van der Waals surface area contributed by atoms with Gasteiger partial charge in [0.05, 0.1) is 23.6 Å². The Morgan fingerprint density at radius 1 is 1.37 bits per heavy atom. The quantitative estimate of drug-likeness (QED) is 0.387. The summed E-state index contributed by atoms with van der Waals surface area (Å²) in [6, 6.07) is 11.3. The molecular weight excluding hydrogens is 427 g/mol. The number of nitrogens with zero attached hydrogens (tertiary/aromatic N) is 3. The number of nitrogens with one attached hydrogen (secondary N) is 1. The van der Waals surface area contributed by atoms with Gasteiger partial charge in [-0.25, -0.2) is 4.39 Å². The minimum atomic E-state index is -0.519. The minimum Gasteiger partial charge on any atom is -0.495 e. The van der Waals surface area contributed by atoms with Crippen LogP contribution < -0.4 is 10.1 Å². The van der Waals surface area contributed by atoms with Crippen LogP contribution in [0.15, 0.2) is 60.3 Å². The molecule has 0 aliphatic rings. The van der Waals surface area contributed by atoms with E-state index in [0.717, 1.165) is 0 Å². The van der Waals surface area contributed by atoms with Crippen molar-refractivity contribution in [3.05, 3.63) is 66.0 Å². The van der Waals surface area contributed by atoms with Crippen molar-refractivity contribution in [3.8, 4) is 17.1 Å². The molecule has 1 heterocycles. The van der Waals surface area contributed by atoms with Gasteiger partial charge in [-0.15, -0.1) is 16.8 Å². The number of aromatic nitrogens is 3. The SMILES string of the molecule is C=CCn1c(SC(C)C(=O)Nc2cc(Cl)ccc2OC)nnc1-c1ccccc1F. The van der Waals surface area contributed by atoms with Gasteiger partial charge in [-0.1, -0.05) is 41.6 Å². The van der Waals surface area contributed by atoms with Crippen molar-refractivity contribution in [2.75, 3.05) is 12.4 Å². The van der Waals surface area contributed by atoms with E-state index in [1.54, 1.807) is 54.0 Å². The number of benzene rings is 2. The van der Waals surface area contributed by atoms with Crippen LogP contribution in [0.1, 0.15) is 6.92 Å². The highest BCUT2D eigenvalue weighted by Gasteiger charge is 2.22. The Kier molecular flexibility index (Phi) is 7.12. The average molecular weight is 447 g/mol. The summed E-state index contributed by atoms with van der Waals surface area (Å²) < 4.78 is 21.2. The molecule has 0 radical (unpaired) electrons. The number of rotatable bonds is 8. The highest BCUT2D eigenvalue weighted by Crippen LogP contribution is 2.31. The summed E-state index contributed by atoms with van der Waals surface area (Å²) in [5.41, 5.74) is 0.807. The van der Waals surface area contributed by atoms with Crippen molar-refractivity contribution < 1.29 is 13.9 Å². The van der Waals surface area contributed by atoms with E-state index in [1.165, 1.54) is 24.9 Å². The molecule has 0 aliphatic heterocycles. The number of ether oxygens (including phenoxy) is 1. The van der Waals surface area contributed by atoms with Gasteiger partial charge in [0.1, 0.15) is 11.6 Å². The second kappa shape index (κ2) is 9.77.